The second-order valence-electron chi connectivity index (χ2n) is 6.84. The van der Waals surface area contributed by atoms with E-state index in [4.69, 9.17) is 14.2 Å². The Morgan fingerprint density at radius 2 is 1.83 bits per heavy atom. The minimum absolute atomic E-state index is 0.109. The number of para-hydroxylation sites is 1. The summed E-state index contributed by atoms with van der Waals surface area (Å²) in [6.45, 7) is 3.08. The van der Waals surface area contributed by atoms with E-state index in [-0.39, 0.29) is 12.2 Å². The molecule has 30 heavy (non-hydrogen) atoms. The lowest BCUT2D eigenvalue weighted by molar-refractivity contribution is -0.121. The van der Waals surface area contributed by atoms with E-state index in [1.54, 1.807) is 17.8 Å². The van der Waals surface area contributed by atoms with Crippen LogP contribution in [0.1, 0.15) is 37.3 Å². The summed E-state index contributed by atoms with van der Waals surface area (Å²) < 4.78 is 16.6. The number of hydrogen-bond acceptors (Lipinski definition) is 7. The maximum atomic E-state index is 9.84. The van der Waals surface area contributed by atoms with Crippen LogP contribution in [0, 0.1) is 22.7 Å². The van der Waals surface area contributed by atoms with Crippen molar-refractivity contribution in [2.45, 2.75) is 42.3 Å². The topological polar surface area (TPSA) is 78.5 Å². The van der Waals surface area contributed by atoms with Crippen LogP contribution in [0.25, 0.3) is 0 Å². The highest BCUT2D eigenvalue weighted by Crippen LogP contribution is 2.53. The van der Waals surface area contributed by atoms with E-state index in [0.717, 1.165) is 47.0 Å². The molecule has 0 aromatic heterocycles. The molecule has 1 heterocycles. The van der Waals surface area contributed by atoms with Crippen molar-refractivity contribution in [3.05, 3.63) is 41.5 Å². The van der Waals surface area contributed by atoms with Gasteiger partial charge in [0.1, 0.15) is 24.3 Å². The lowest BCUT2D eigenvalue weighted by atomic mass is 10.0. The van der Waals surface area contributed by atoms with Crippen molar-refractivity contribution in [3.63, 3.8) is 0 Å². The summed E-state index contributed by atoms with van der Waals surface area (Å²) in [6.07, 6.45) is 2.65. The van der Waals surface area contributed by atoms with Gasteiger partial charge in [0.2, 0.25) is 0 Å². The smallest absolute Gasteiger partial charge is 0.191 e. The van der Waals surface area contributed by atoms with Gasteiger partial charge in [-0.05, 0) is 24.6 Å². The number of hydrogen-bond donors (Lipinski definition) is 0. The molecule has 0 radical (unpaired) electrons. The molecule has 156 valence electrons. The second-order valence-corrected chi connectivity index (χ2v) is 7.92. The molecular formula is C23H25N3O3S. The van der Waals surface area contributed by atoms with E-state index in [2.05, 4.69) is 36.1 Å². The molecule has 0 unspecified atom stereocenters. The third-order valence-corrected chi connectivity index (χ3v) is 6.07. The number of methoxy groups -OCH3 is 2. The molecule has 2 aromatic rings. The molecule has 2 aromatic carbocycles. The summed E-state index contributed by atoms with van der Waals surface area (Å²) in [6, 6.07) is 14.3. The first-order chi connectivity index (χ1) is 14.7. The molecule has 0 spiro atoms. The van der Waals surface area contributed by atoms with Gasteiger partial charge in [-0.15, -0.1) is 0 Å². The largest absolute Gasteiger partial charge is 0.485 e. The highest BCUT2D eigenvalue weighted by atomic mass is 32.2. The molecule has 0 bridgehead atoms. The van der Waals surface area contributed by atoms with Gasteiger partial charge in [-0.2, -0.15) is 10.5 Å². The van der Waals surface area contributed by atoms with Crippen LogP contribution in [0.15, 0.2) is 40.1 Å². The van der Waals surface area contributed by atoms with Gasteiger partial charge >= 0.3 is 0 Å². The zero-order valence-corrected chi connectivity index (χ0v) is 18.3. The Morgan fingerprint density at radius 3 is 2.50 bits per heavy atom. The fourth-order valence-corrected chi connectivity index (χ4v) is 4.58. The highest BCUT2D eigenvalue weighted by molar-refractivity contribution is 7.99. The number of nitrogens with zero attached hydrogens (tertiary/aromatic N) is 3. The van der Waals surface area contributed by atoms with Gasteiger partial charge in [-0.3, -0.25) is 0 Å². The van der Waals surface area contributed by atoms with Crippen LogP contribution >= 0.6 is 11.8 Å². The van der Waals surface area contributed by atoms with E-state index in [0.29, 0.717) is 11.3 Å². The molecule has 0 atom stereocenters. The minimum atomic E-state index is -0.574. The summed E-state index contributed by atoms with van der Waals surface area (Å²) in [5.74, 6) is 0.407. The summed E-state index contributed by atoms with van der Waals surface area (Å²) in [5.41, 5.74) is 2.46. The number of unbranched alkanes of at least 4 members (excludes halogenated alkanes) is 2. The summed E-state index contributed by atoms with van der Waals surface area (Å²) in [7, 11) is 3.07. The Hall–Kier alpha value is -2.71. The van der Waals surface area contributed by atoms with Crippen LogP contribution in [-0.2, 0) is 9.47 Å². The SMILES string of the molecule is CCCCCN1c2ccccc2Sc2cc(C#N)c(C#N)c(OCC(OC)OC)c21. The average molecular weight is 424 g/mol. The first kappa shape index (κ1) is 22.0. The van der Waals surface area contributed by atoms with Gasteiger partial charge in [-0.25, -0.2) is 0 Å². The monoisotopic (exact) mass is 423 g/mol. The molecule has 3 rings (SSSR count). The van der Waals surface area contributed by atoms with Gasteiger partial charge in [-0.1, -0.05) is 43.7 Å². The predicted octanol–water partition coefficient (Wildman–Crippen LogP) is 5.22. The molecule has 0 saturated heterocycles. The fraction of sp³-hybridized carbons (Fsp3) is 0.391. The number of ether oxygens (including phenoxy) is 3. The van der Waals surface area contributed by atoms with Crippen molar-refractivity contribution >= 4 is 23.1 Å². The first-order valence-corrected chi connectivity index (χ1v) is 10.7. The zero-order chi connectivity index (χ0) is 21.5. The minimum Gasteiger partial charge on any atom is -0.485 e. The molecule has 0 aliphatic carbocycles. The molecule has 0 amide bonds. The predicted molar refractivity (Wildman–Crippen MR) is 116 cm³/mol. The van der Waals surface area contributed by atoms with Crippen LogP contribution in [0.3, 0.4) is 0 Å². The summed E-state index contributed by atoms with van der Waals surface area (Å²) in [4.78, 5) is 4.23. The van der Waals surface area contributed by atoms with Gasteiger partial charge < -0.3 is 19.1 Å². The average Bonchev–Trinajstić information content (AvgIpc) is 2.78. The Labute approximate surface area is 182 Å². The van der Waals surface area contributed by atoms with Crippen molar-refractivity contribution < 1.29 is 14.2 Å². The highest BCUT2D eigenvalue weighted by Gasteiger charge is 2.30. The van der Waals surface area contributed by atoms with Crippen LogP contribution in [0.2, 0.25) is 0 Å². The normalized spacial score (nSPS) is 12.1. The zero-order valence-electron chi connectivity index (χ0n) is 17.5. The number of nitriles is 2. The number of fused-ring (bicyclic) bond motifs is 2. The Kier molecular flexibility index (Phi) is 7.59. The van der Waals surface area contributed by atoms with E-state index in [9.17, 15) is 10.5 Å². The van der Waals surface area contributed by atoms with E-state index >= 15 is 0 Å². The Bertz CT molecular complexity index is 977. The second kappa shape index (κ2) is 10.4. The lowest BCUT2D eigenvalue weighted by Gasteiger charge is -2.35. The van der Waals surface area contributed by atoms with Crippen molar-refractivity contribution in [1.82, 2.24) is 0 Å². The Balaban J connectivity index is 2.15. The summed E-state index contributed by atoms with van der Waals surface area (Å²) in [5, 5.41) is 19.5. The van der Waals surface area contributed by atoms with E-state index in [1.165, 1.54) is 14.2 Å². The number of rotatable bonds is 9. The van der Waals surface area contributed by atoms with E-state index in [1.807, 2.05) is 12.1 Å². The van der Waals surface area contributed by atoms with Gasteiger partial charge in [0.25, 0.3) is 0 Å². The van der Waals surface area contributed by atoms with Gasteiger partial charge in [0, 0.05) is 30.6 Å². The summed E-state index contributed by atoms with van der Waals surface area (Å²) >= 11 is 1.59. The fourth-order valence-electron chi connectivity index (χ4n) is 3.44. The molecular weight excluding hydrogens is 398 g/mol. The van der Waals surface area contributed by atoms with Crippen molar-refractivity contribution in [2.75, 3.05) is 32.3 Å². The molecule has 0 N–H and O–H groups in total. The van der Waals surface area contributed by atoms with Gasteiger partial charge in [0.05, 0.1) is 16.9 Å². The number of anilines is 2. The van der Waals surface area contributed by atoms with Crippen LogP contribution < -0.4 is 9.64 Å². The van der Waals surface area contributed by atoms with Crippen molar-refractivity contribution in [2.24, 2.45) is 0 Å². The van der Waals surface area contributed by atoms with E-state index < -0.39 is 6.29 Å². The molecule has 1 aliphatic heterocycles. The molecule has 7 heteroatoms. The maximum absolute atomic E-state index is 9.84. The Morgan fingerprint density at radius 1 is 1.07 bits per heavy atom. The first-order valence-electron chi connectivity index (χ1n) is 9.92. The van der Waals surface area contributed by atoms with Crippen molar-refractivity contribution in [3.8, 4) is 17.9 Å². The van der Waals surface area contributed by atoms with Crippen LogP contribution in [-0.4, -0.2) is 33.7 Å². The lowest BCUT2D eigenvalue weighted by Crippen LogP contribution is -2.26. The van der Waals surface area contributed by atoms with Crippen LogP contribution in [0.5, 0.6) is 5.75 Å². The third-order valence-electron chi connectivity index (χ3n) is 4.97. The molecule has 0 saturated carbocycles. The quantitative estimate of drug-likeness (QED) is 0.404. The third kappa shape index (κ3) is 4.39. The molecule has 0 fully saturated rings. The molecule has 6 nitrogen and oxygen atoms in total. The molecule has 1 aliphatic rings. The van der Waals surface area contributed by atoms with Crippen LogP contribution in [0.4, 0.5) is 11.4 Å². The maximum Gasteiger partial charge on any atom is 0.191 e. The van der Waals surface area contributed by atoms with Gasteiger partial charge in [0.15, 0.2) is 12.0 Å². The number of benzene rings is 2. The van der Waals surface area contributed by atoms with Crippen molar-refractivity contribution in [1.29, 1.82) is 10.5 Å². The standard InChI is InChI=1S/C23H25N3O3S/c1-4-5-8-11-26-18-9-6-7-10-19(18)30-20-12-16(13-24)17(14-25)23(22(20)26)29-15-21(27-2)28-3/h6-7,9-10,12,21H,4-5,8,11,15H2,1-3H3.